The van der Waals surface area contributed by atoms with Crippen molar-refractivity contribution in [3.63, 3.8) is 0 Å². The maximum Gasteiger partial charge on any atom is 0.320 e. The molecule has 3 rings (SSSR count). The lowest BCUT2D eigenvalue weighted by Crippen LogP contribution is -2.59. The first-order valence-electron chi connectivity index (χ1n) is 8.57. The van der Waals surface area contributed by atoms with Crippen LogP contribution < -0.4 is 4.74 Å². The SMILES string of the molecule is CC[C@]1(C(=O)OC)C(=O)C[C@H]2CC[C@H]1N2Cc1cccc(OC)c1. The Balaban J connectivity index is 1.92. The summed E-state index contributed by atoms with van der Waals surface area (Å²) in [6.07, 6.45) is 2.75. The molecule has 2 saturated heterocycles. The van der Waals surface area contributed by atoms with Crippen LogP contribution in [0.4, 0.5) is 0 Å². The topological polar surface area (TPSA) is 55.8 Å². The monoisotopic (exact) mass is 331 g/mol. The number of rotatable bonds is 5. The van der Waals surface area contributed by atoms with Crippen LogP contribution >= 0.6 is 0 Å². The van der Waals surface area contributed by atoms with Gasteiger partial charge in [0.05, 0.1) is 14.2 Å². The average molecular weight is 331 g/mol. The van der Waals surface area contributed by atoms with Crippen LogP contribution in [-0.2, 0) is 20.9 Å². The summed E-state index contributed by atoms with van der Waals surface area (Å²) in [6.45, 7) is 2.63. The average Bonchev–Trinajstić information content (AvgIpc) is 2.91. The highest BCUT2D eigenvalue weighted by Gasteiger charge is 2.60. The maximum absolute atomic E-state index is 12.8. The predicted molar refractivity (Wildman–Crippen MR) is 89.7 cm³/mol. The van der Waals surface area contributed by atoms with E-state index in [9.17, 15) is 9.59 Å². The summed E-state index contributed by atoms with van der Waals surface area (Å²) in [5.74, 6) is 0.491. The van der Waals surface area contributed by atoms with Crippen LogP contribution in [-0.4, -0.2) is 43.0 Å². The zero-order valence-electron chi connectivity index (χ0n) is 14.6. The van der Waals surface area contributed by atoms with E-state index >= 15 is 0 Å². The molecule has 0 spiro atoms. The van der Waals surface area contributed by atoms with Gasteiger partial charge in [-0.25, -0.2) is 0 Å². The summed E-state index contributed by atoms with van der Waals surface area (Å²) in [4.78, 5) is 27.6. The number of ether oxygens (including phenoxy) is 2. The van der Waals surface area contributed by atoms with Gasteiger partial charge >= 0.3 is 5.97 Å². The van der Waals surface area contributed by atoms with Gasteiger partial charge < -0.3 is 9.47 Å². The van der Waals surface area contributed by atoms with E-state index in [1.807, 2.05) is 25.1 Å². The van der Waals surface area contributed by atoms with Crippen LogP contribution in [0.3, 0.4) is 0 Å². The predicted octanol–water partition coefficient (Wildman–Crippen LogP) is 2.57. The Labute approximate surface area is 142 Å². The number of fused-ring (bicyclic) bond motifs is 2. The van der Waals surface area contributed by atoms with Gasteiger partial charge in [-0.2, -0.15) is 0 Å². The van der Waals surface area contributed by atoms with Crippen molar-refractivity contribution < 1.29 is 19.1 Å². The van der Waals surface area contributed by atoms with E-state index in [1.165, 1.54) is 7.11 Å². The second kappa shape index (κ2) is 6.55. The molecule has 0 amide bonds. The van der Waals surface area contributed by atoms with Gasteiger partial charge in [0.25, 0.3) is 0 Å². The molecule has 2 aliphatic heterocycles. The number of nitrogens with zero attached hydrogens (tertiary/aromatic N) is 1. The number of carbonyl (C=O) groups is 2. The Bertz CT molecular complexity index is 644. The first-order chi connectivity index (χ1) is 11.6. The highest BCUT2D eigenvalue weighted by atomic mass is 16.5. The number of hydrogen-bond acceptors (Lipinski definition) is 5. The maximum atomic E-state index is 12.8. The summed E-state index contributed by atoms with van der Waals surface area (Å²) >= 11 is 0. The van der Waals surface area contributed by atoms with Crippen molar-refractivity contribution in [3.05, 3.63) is 29.8 Å². The van der Waals surface area contributed by atoms with Gasteiger partial charge in [0.1, 0.15) is 11.2 Å². The van der Waals surface area contributed by atoms with Gasteiger partial charge in [-0.15, -0.1) is 0 Å². The Kier molecular flexibility index (Phi) is 4.63. The number of esters is 1. The molecule has 3 atom stereocenters. The molecule has 0 aliphatic carbocycles. The van der Waals surface area contributed by atoms with Crippen molar-refractivity contribution >= 4 is 11.8 Å². The summed E-state index contributed by atoms with van der Waals surface area (Å²) in [6, 6.07) is 8.11. The van der Waals surface area contributed by atoms with Crippen LogP contribution in [0.1, 0.15) is 38.2 Å². The third-order valence-electron chi connectivity index (χ3n) is 5.74. The van der Waals surface area contributed by atoms with E-state index in [1.54, 1.807) is 7.11 Å². The van der Waals surface area contributed by atoms with Crippen LogP contribution in [0.25, 0.3) is 0 Å². The summed E-state index contributed by atoms with van der Waals surface area (Å²) in [5.41, 5.74) is 0.121. The Hall–Kier alpha value is -1.88. The number of ketones is 1. The van der Waals surface area contributed by atoms with E-state index in [4.69, 9.17) is 9.47 Å². The lowest BCUT2D eigenvalue weighted by Gasteiger charge is -2.45. The van der Waals surface area contributed by atoms with Crippen molar-refractivity contribution in [1.82, 2.24) is 4.90 Å². The van der Waals surface area contributed by atoms with Crippen LogP contribution in [0.2, 0.25) is 0 Å². The third-order valence-corrected chi connectivity index (χ3v) is 5.74. The largest absolute Gasteiger partial charge is 0.497 e. The van der Waals surface area contributed by atoms with Crippen molar-refractivity contribution in [3.8, 4) is 5.75 Å². The number of hydrogen-bond donors (Lipinski definition) is 0. The second-order valence-corrected chi connectivity index (χ2v) is 6.71. The van der Waals surface area contributed by atoms with Gasteiger partial charge in [0, 0.05) is 25.0 Å². The van der Waals surface area contributed by atoms with E-state index in [0.29, 0.717) is 12.8 Å². The zero-order valence-corrected chi connectivity index (χ0v) is 14.6. The number of Topliss-reactive ketones (excluding diaryl/α,β-unsaturated/α-hetero) is 1. The molecule has 2 heterocycles. The minimum atomic E-state index is -1.01. The smallest absolute Gasteiger partial charge is 0.320 e. The van der Waals surface area contributed by atoms with Gasteiger partial charge in [-0.1, -0.05) is 19.1 Å². The number of methoxy groups -OCH3 is 2. The first kappa shape index (κ1) is 17.0. The molecule has 130 valence electrons. The lowest BCUT2D eigenvalue weighted by molar-refractivity contribution is -0.167. The minimum absolute atomic E-state index is 0.0474. The molecule has 5 heteroatoms. The van der Waals surface area contributed by atoms with E-state index in [-0.39, 0.29) is 23.8 Å². The third kappa shape index (κ3) is 2.51. The zero-order chi connectivity index (χ0) is 17.3. The number of carbonyl (C=O) groups excluding carboxylic acids is 2. The van der Waals surface area contributed by atoms with Crippen molar-refractivity contribution in [2.24, 2.45) is 5.41 Å². The molecule has 2 fully saturated rings. The fraction of sp³-hybridized carbons (Fsp3) is 0.579. The Morgan fingerprint density at radius 3 is 2.79 bits per heavy atom. The highest BCUT2D eigenvalue weighted by Crippen LogP contribution is 2.48. The molecule has 0 radical (unpaired) electrons. The van der Waals surface area contributed by atoms with Crippen LogP contribution in [0, 0.1) is 5.41 Å². The lowest BCUT2D eigenvalue weighted by atomic mass is 9.70. The van der Waals surface area contributed by atoms with Gasteiger partial charge in [0.2, 0.25) is 0 Å². The summed E-state index contributed by atoms with van der Waals surface area (Å²) in [7, 11) is 3.03. The summed E-state index contributed by atoms with van der Waals surface area (Å²) in [5, 5.41) is 0. The van der Waals surface area contributed by atoms with Gasteiger partial charge in [0.15, 0.2) is 5.78 Å². The Morgan fingerprint density at radius 1 is 1.33 bits per heavy atom. The van der Waals surface area contributed by atoms with E-state index in [0.717, 1.165) is 30.7 Å². The molecule has 1 aromatic carbocycles. The molecule has 2 aliphatic rings. The van der Waals surface area contributed by atoms with Gasteiger partial charge in [-0.3, -0.25) is 14.5 Å². The molecule has 24 heavy (non-hydrogen) atoms. The highest BCUT2D eigenvalue weighted by molar-refractivity contribution is 6.05. The fourth-order valence-electron chi connectivity index (χ4n) is 4.50. The van der Waals surface area contributed by atoms with E-state index < -0.39 is 5.41 Å². The van der Waals surface area contributed by atoms with E-state index in [2.05, 4.69) is 11.0 Å². The molecule has 0 saturated carbocycles. The second-order valence-electron chi connectivity index (χ2n) is 6.71. The molecule has 2 bridgehead atoms. The number of benzene rings is 1. The molecular formula is C19H25NO4. The quantitative estimate of drug-likeness (QED) is 0.613. The minimum Gasteiger partial charge on any atom is -0.497 e. The standard InChI is InChI=1S/C19H25NO4/c1-4-19(18(22)24-3)16-9-8-14(11-17(19)21)20(16)12-13-6-5-7-15(10-13)23-2/h5-7,10,14,16H,4,8-9,11-12H2,1-3H3/t14-,16-,19-/m1/s1. The normalized spacial score (nSPS) is 29.5. The molecule has 0 aromatic heterocycles. The molecule has 0 unspecified atom stereocenters. The Morgan fingerprint density at radius 2 is 2.12 bits per heavy atom. The molecule has 5 nitrogen and oxygen atoms in total. The molecule has 1 aromatic rings. The fourth-order valence-corrected chi connectivity index (χ4v) is 4.50. The van der Waals surface area contributed by atoms with Crippen molar-refractivity contribution in [1.29, 1.82) is 0 Å². The molecular weight excluding hydrogens is 306 g/mol. The van der Waals surface area contributed by atoms with Crippen LogP contribution in [0.5, 0.6) is 5.75 Å². The van der Waals surface area contributed by atoms with Crippen molar-refractivity contribution in [2.75, 3.05) is 14.2 Å². The van der Waals surface area contributed by atoms with Gasteiger partial charge in [-0.05, 0) is 37.0 Å². The van der Waals surface area contributed by atoms with Crippen LogP contribution in [0.15, 0.2) is 24.3 Å². The van der Waals surface area contributed by atoms with Crippen molar-refractivity contribution in [2.45, 2.75) is 51.2 Å². The number of piperidine rings is 1. The molecule has 0 N–H and O–H groups in total. The first-order valence-corrected chi connectivity index (χ1v) is 8.57. The summed E-state index contributed by atoms with van der Waals surface area (Å²) < 4.78 is 10.3.